The van der Waals surface area contributed by atoms with Gasteiger partial charge in [0.15, 0.2) is 15.6 Å². The summed E-state index contributed by atoms with van der Waals surface area (Å²) in [6.45, 7) is 6.99. The topological polar surface area (TPSA) is 112 Å². The quantitative estimate of drug-likeness (QED) is 0.660. The second-order valence-corrected chi connectivity index (χ2v) is 10.7. The minimum atomic E-state index is -3.37. The maximum Gasteiger partial charge on any atom is 0.224 e. The molecule has 0 amide bonds. The van der Waals surface area contributed by atoms with Gasteiger partial charge in [0.2, 0.25) is 11.2 Å². The van der Waals surface area contributed by atoms with Crippen molar-refractivity contribution in [2.24, 2.45) is 5.92 Å². The summed E-state index contributed by atoms with van der Waals surface area (Å²) in [4.78, 5) is 11.8. The molecular weight excluding hydrogens is 416 g/mol. The molecule has 6 nitrogen and oxygen atoms in total. The van der Waals surface area contributed by atoms with Crippen molar-refractivity contribution in [1.29, 1.82) is 0 Å². The average Bonchev–Trinajstić information content (AvgIpc) is 2.78. The molecule has 0 spiro atoms. The molecule has 1 atom stereocenters. The van der Waals surface area contributed by atoms with Crippen LogP contribution in [-0.4, -0.2) is 35.1 Å². The average molecular weight is 449 g/mol. The Balaban J connectivity index is 0.000000225. The third-order valence-corrected chi connectivity index (χ3v) is 7.53. The Labute approximate surface area is 184 Å². The van der Waals surface area contributed by atoms with Crippen molar-refractivity contribution in [3.8, 4) is 11.5 Å². The standard InChI is InChI=1S/C14H18O3.C10H14O3S/c1-3-9-4-5-10-11(7-9)8(2)6-12(15)14(17)13(10)16;1-10(2,11)8-14(12,13)9-6-4-3-5-7-9/h6,9H,3-5,7H2,1-2H3,(H2,15,16,17);3-7,11H,8H2,1-2H3. The molecule has 2 aromatic carbocycles. The molecule has 170 valence electrons. The van der Waals surface area contributed by atoms with E-state index >= 15 is 0 Å². The van der Waals surface area contributed by atoms with Crippen molar-refractivity contribution in [1.82, 2.24) is 0 Å². The zero-order valence-electron chi connectivity index (χ0n) is 18.6. The van der Waals surface area contributed by atoms with Crippen LogP contribution in [0.2, 0.25) is 0 Å². The fourth-order valence-corrected chi connectivity index (χ4v) is 5.48. The molecule has 31 heavy (non-hydrogen) atoms. The lowest BCUT2D eigenvalue weighted by atomic mass is 9.82. The molecular formula is C24H32O6S. The molecule has 1 aliphatic rings. The molecule has 0 bridgehead atoms. The number of aliphatic hydroxyl groups is 1. The Morgan fingerprint density at radius 1 is 1.06 bits per heavy atom. The van der Waals surface area contributed by atoms with Crippen LogP contribution in [-0.2, 0) is 22.7 Å². The summed E-state index contributed by atoms with van der Waals surface area (Å²) in [5.74, 6) is -0.374. The number of aryl methyl sites for hydroxylation is 1. The zero-order valence-corrected chi connectivity index (χ0v) is 19.4. The van der Waals surface area contributed by atoms with Gasteiger partial charge in [-0.15, -0.1) is 0 Å². The van der Waals surface area contributed by atoms with Gasteiger partial charge in [-0.1, -0.05) is 31.5 Å². The molecule has 7 heteroatoms. The third-order valence-electron chi connectivity index (χ3n) is 5.45. The molecule has 3 N–H and O–H groups in total. The van der Waals surface area contributed by atoms with E-state index in [9.17, 15) is 28.5 Å². The maximum absolute atomic E-state index is 11.7. The van der Waals surface area contributed by atoms with Gasteiger partial charge in [0.25, 0.3) is 0 Å². The summed E-state index contributed by atoms with van der Waals surface area (Å²) in [5, 5.41) is 29.0. The molecule has 1 unspecified atom stereocenters. The molecule has 0 radical (unpaired) electrons. The lowest BCUT2D eigenvalue weighted by molar-refractivity contribution is 0.105. The first-order valence-electron chi connectivity index (χ1n) is 10.4. The fraction of sp³-hybridized carbons (Fsp3) is 0.458. The van der Waals surface area contributed by atoms with Crippen molar-refractivity contribution in [3.05, 3.63) is 63.3 Å². The smallest absolute Gasteiger partial charge is 0.224 e. The van der Waals surface area contributed by atoms with E-state index in [1.807, 2.05) is 6.92 Å². The normalized spacial score (nSPS) is 16.1. The van der Waals surface area contributed by atoms with Crippen molar-refractivity contribution in [2.75, 3.05) is 5.75 Å². The van der Waals surface area contributed by atoms with E-state index < -0.39 is 26.6 Å². The monoisotopic (exact) mass is 448 g/mol. The van der Waals surface area contributed by atoms with E-state index in [0.29, 0.717) is 5.92 Å². The van der Waals surface area contributed by atoms with Gasteiger partial charge in [0, 0.05) is 5.56 Å². The summed E-state index contributed by atoms with van der Waals surface area (Å²) in [6, 6.07) is 9.56. The molecule has 0 aromatic heterocycles. The van der Waals surface area contributed by atoms with Gasteiger partial charge in [-0.2, -0.15) is 0 Å². The van der Waals surface area contributed by atoms with Crippen LogP contribution >= 0.6 is 0 Å². The zero-order chi connectivity index (χ0) is 23.4. The summed E-state index contributed by atoms with van der Waals surface area (Å²) >= 11 is 0. The van der Waals surface area contributed by atoms with E-state index in [1.165, 1.54) is 32.0 Å². The molecule has 0 fully saturated rings. The molecule has 1 aliphatic carbocycles. The van der Waals surface area contributed by atoms with Gasteiger partial charge < -0.3 is 15.3 Å². The van der Waals surface area contributed by atoms with Gasteiger partial charge in [-0.05, 0) is 75.3 Å². The Morgan fingerprint density at radius 2 is 1.68 bits per heavy atom. The summed E-state index contributed by atoms with van der Waals surface area (Å²) in [6.07, 6.45) is 3.74. The Bertz CT molecular complexity index is 1070. The van der Waals surface area contributed by atoms with Crippen LogP contribution in [0.3, 0.4) is 0 Å². The summed E-state index contributed by atoms with van der Waals surface area (Å²) in [7, 11) is -3.37. The first-order valence-corrected chi connectivity index (χ1v) is 12.1. The van der Waals surface area contributed by atoms with Crippen molar-refractivity contribution < 1.29 is 23.7 Å². The Kier molecular flexibility index (Phi) is 7.89. The highest BCUT2D eigenvalue weighted by molar-refractivity contribution is 7.91. The minimum Gasteiger partial charge on any atom is -0.504 e. The first-order chi connectivity index (χ1) is 14.4. The van der Waals surface area contributed by atoms with Crippen LogP contribution in [0.1, 0.15) is 50.3 Å². The van der Waals surface area contributed by atoms with Crippen LogP contribution in [0.4, 0.5) is 0 Å². The SMILES string of the molecule is CC(C)(O)CS(=O)(=O)c1ccccc1.CCC1CCc2c(O)c(O)c(=O)cc(C)c2C1. The van der Waals surface area contributed by atoms with E-state index in [4.69, 9.17) is 0 Å². The lowest BCUT2D eigenvalue weighted by Gasteiger charge is -2.24. The third kappa shape index (κ3) is 6.55. The molecule has 3 rings (SSSR count). The van der Waals surface area contributed by atoms with Crippen molar-refractivity contribution >= 4 is 9.84 Å². The number of benzene rings is 1. The predicted octanol–water partition coefficient (Wildman–Crippen LogP) is 3.51. The number of fused-ring (bicyclic) bond motifs is 1. The number of hydrogen-bond acceptors (Lipinski definition) is 6. The van der Waals surface area contributed by atoms with Crippen LogP contribution in [0.15, 0.2) is 46.1 Å². The summed E-state index contributed by atoms with van der Waals surface area (Å²) in [5.41, 5.74) is 0.972. The van der Waals surface area contributed by atoms with Crippen molar-refractivity contribution in [3.63, 3.8) is 0 Å². The van der Waals surface area contributed by atoms with E-state index in [2.05, 4.69) is 6.92 Å². The molecule has 0 saturated carbocycles. The van der Waals surface area contributed by atoms with Crippen molar-refractivity contribution in [2.45, 2.75) is 63.9 Å². The fourth-order valence-electron chi connectivity index (χ4n) is 3.81. The first kappa shape index (κ1) is 24.9. The molecule has 2 aromatic rings. The van der Waals surface area contributed by atoms with Crippen LogP contribution in [0, 0.1) is 12.8 Å². The minimum absolute atomic E-state index is 0.215. The van der Waals surface area contributed by atoms with Crippen LogP contribution < -0.4 is 5.43 Å². The van der Waals surface area contributed by atoms with Gasteiger partial charge >= 0.3 is 0 Å². The van der Waals surface area contributed by atoms with Gasteiger partial charge in [-0.25, -0.2) is 8.42 Å². The van der Waals surface area contributed by atoms with E-state index in [1.54, 1.807) is 18.2 Å². The van der Waals surface area contributed by atoms with E-state index in [0.717, 1.165) is 42.4 Å². The number of hydrogen-bond donors (Lipinski definition) is 3. The van der Waals surface area contributed by atoms with Gasteiger partial charge in [0.1, 0.15) is 0 Å². The predicted molar refractivity (Wildman–Crippen MR) is 121 cm³/mol. The van der Waals surface area contributed by atoms with E-state index in [-0.39, 0.29) is 16.4 Å². The number of rotatable bonds is 4. The molecule has 0 aliphatic heterocycles. The molecule has 0 saturated heterocycles. The highest BCUT2D eigenvalue weighted by Gasteiger charge is 2.25. The lowest BCUT2D eigenvalue weighted by Crippen LogP contribution is -2.30. The van der Waals surface area contributed by atoms with Crippen LogP contribution in [0.25, 0.3) is 0 Å². The van der Waals surface area contributed by atoms with Crippen LogP contribution in [0.5, 0.6) is 11.5 Å². The Morgan fingerprint density at radius 3 is 2.23 bits per heavy atom. The summed E-state index contributed by atoms with van der Waals surface area (Å²) < 4.78 is 23.4. The second-order valence-electron chi connectivity index (χ2n) is 8.75. The highest BCUT2D eigenvalue weighted by Crippen LogP contribution is 2.36. The Hall–Kier alpha value is -2.38. The highest BCUT2D eigenvalue weighted by atomic mass is 32.2. The number of aromatic hydroxyl groups is 2. The van der Waals surface area contributed by atoms with Gasteiger partial charge in [0.05, 0.1) is 16.2 Å². The molecule has 0 heterocycles. The largest absolute Gasteiger partial charge is 0.504 e. The number of sulfone groups is 1. The second kappa shape index (κ2) is 9.83. The van der Waals surface area contributed by atoms with Gasteiger partial charge in [-0.3, -0.25) is 4.79 Å². The maximum atomic E-state index is 11.7.